The van der Waals surface area contributed by atoms with Gasteiger partial charge in [0.05, 0.1) is 51.8 Å². The van der Waals surface area contributed by atoms with Crippen LogP contribution in [-0.2, 0) is 19.0 Å². The van der Waals surface area contributed by atoms with Gasteiger partial charge in [-0.05, 0) is 45.5 Å². The molecule has 1 aliphatic heterocycles. The number of halogens is 1. The maximum absolute atomic E-state index is 13.1. The Bertz CT molecular complexity index is 1200. The van der Waals surface area contributed by atoms with Gasteiger partial charge < -0.3 is 29.7 Å². The van der Waals surface area contributed by atoms with Gasteiger partial charge in [-0.25, -0.2) is 0 Å². The molecule has 2 N–H and O–H groups in total. The minimum Gasteiger partial charge on any atom is -0.378 e. The number of rotatable bonds is 17. The molecule has 12 heteroatoms. The van der Waals surface area contributed by atoms with E-state index in [4.69, 9.17) is 30.8 Å². The Balaban J connectivity index is 1.65. The number of ether oxygens (including phenoxy) is 3. The fraction of sp³-hybridized carbons (Fsp3) is 0.517. The molecule has 0 fully saturated rings. The number of amidine groups is 1. The molecule has 2 aromatic rings. The van der Waals surface area contributed by atoms with Crippen molar-refractivity contribution in [1.82, 2.24) is 10.6 Å². The Labute approximate surface area is 251 Å². The standard InChI is InChI=1S/C29H41ClN6O4S/c1-6-36-28(35-32-5)24(19-25(37)33-12-14-39-16-18-40-17-15-38-13-11-31-4)34-27(22-7-9-23(30)10-8-22)26-20(2)21(3)41-29(26)36/h7-10,24,31H,5-6,11-19H2,1-4H3,(H,33,37)/b35-28-/t24-/m0/s1. The van der Waals surface area contributed by atoms with Crippen molar-refractivity contribution < 1.29 is 19.0 Å². The van der Waals surface area contributed by atoms with E-state index in [1.165, 1.54) is 4.88 Å². The predicted octanol–water partition coefficient (Wildman–Crippen LogP) is 3.85. The summed E-state index contributed by atoms with van der Waals surface area (Å²) in [5.41, 5.74) is 3.91. The number of thiophene rings is 1. The number of hydrogen-bond acceptors (Lipinski definition) is 9. The molecule has 224 valence electrons. The van der Waals surface area contributed by atoms with Gasteiger partial charge in [0.25, 0.3) is 0 Å². The molecule has 1 atom stereocenters. The molecule has 41 heavy (non-hydrogen) atoms. The second-order valence-corrected chi connectivity index (χ2v) is 10.9. The minimum absolute atomic E-state index is 0.103. The van der Waals surface area contributed by atoms with E-state index in [9.17, 15) is 4.79 Å². The van der Waals surface area contributed by atoms with Crippen molar-refractivity contribution in [3.05, 3.63) is 50.9 Å². The number of aliphatic imine (C=N–C) groups is 1. The van der Waals surface area contributed by atoms with Gasteiger partial charge in [0.15, 0.2) is 5.84 Å². The van der Waals surface area contributed by atoms with Crippen LogP contribution in [0.3, 0.4) is 0 Å². The summed E-state index contributed by atoms with van der Waals surface area (Å²) in [6.45, 7) is 14.7. The van der Waals surface area contributed by atoms with Crippen molar-refractivity contribution >= 4 is 52.1 Å². The number of carbonyl (C=O) groups excluding carboxylic acids is 1. The lowest BCUT2D eigenvalue weighted by Crippen LogP contribution is -2.40. The van der Waals surface area contributed by atoms with Gasteiger partial charge in [-0.2, -0.15) is 5.10 Å². The summed E-state index contributed by atoms with van der Waals surface area (Å²) in [6.07, 6.45) is 0.103. The lowest BCUT2D eigenvalue weighted by atomic mass is 9.99. The van der Waals surface area contributed by atoms with Crippen LogP contribution < -0.4 is 15.5 Å². The molecule has 1 amide bonds. The molecule has 3 rings (SSSR count). The first-order valence-electron chi connectivity index (χ1n) is 13.8. The normalized spacial score (nSPS) is 15.9. The fourth-order valence-electron chi connectivity index (χ4n) is 4.33. The summed E-state index contributed by atoms with van der Waals surface area (Å²) >= 11 is 7.87. The van der Waals surface area contributed by atoms with Crippen LogP contribution in [0, 0.1) is 13.8 Å². The average Bonchev–Trinajstić information content (AvgIpc) is 3.18. The van der Waals surface area contributed by atoms with Crippen LogP contribution in [0.15, 0.2) is 39.5 Å². The summed E-state index contributed by atoms with van der Waals surface area (Å²) in [7, 11) is 1.89. The molecule has 0 aliphatic carbocycles. The molecule has 0 bridgehead atoms. The molecule has 0 saturated heterocycles. The highest BCUT2D eigenvalue weighted by atomic mass is 35.5. The SMILES string of the molecule is C=N/N=C1/[C@H](CC(=O)NCCOCCOCCOCCNC)N=C(c2ccc(Cl)cc2)c2c(sc(C)c2C)N1CC. The van der Waals surface area contributed by atoms with E-state index < -0.39 is 6.04 Å². The maximum atomic E-state index is 13.1. The Morgan fingerprint density at radius 1 is 1.07 bits per heavy atom. The lowest BCUT2D eigenvalue weighted by molar-refractivity contribution is -0.121. The van der Waals surface area contributed by atoms with Crippen molar-refractivity contribution in [2.45, 2.75) is 33.2 Å². The highest BCUT2D eigenvalue weighted by Gasteiger charge is 2.34. The van der Waals surface area contributed by atoms with Gasteiger partial charge in [-0.3, -0.25) is 9.79 Å². The number of benzene rings is 1. The first kappa shape index (κ1) is 32.8. The monoisotopic (exact) mass is 604 g/mol. The zero-order chi connectivity index (χ0) is 29.6. The zero-order valence-corrected chi connectivity index (χ0v) is 25.9. The summed E-state index contributed by atoms with van der Waals surface area (Å²) < 4.78 is 16.5. The fourth-order valence-corrected chi connectivity index (χ4v) is 5.68. The van der Waals surface area contributed by atoms with E-state index in [0.29, 0.717) is 63.6 Å². The lowest BCUT2D eigenvalue weighted by Gasteiger charge is -2.25. The number of nitrogens with zero attached hydrogens (tertiary/aromatic N) is 4. The molecule has 1 aromatic heterocycles. The summed E-state index contributed by atoms with van der Waals surface area (Å²) in [5, 5.41) is 15.9. The van der Waals surface area contributed by atoms with E-state index in [1.54, 1.807) is 11.3 Å². The Morgan fingerprint density at radius 3 is 2.32 bits per heavy atom. The molecule has 10 nitrogen and oxygen atoms in total. The number of anilines is 1. The van der Waals surface area contributed by atoms with E-state index in [2.05, 4.69) is 53.2 Å². The van der Waals surface area contributed by atoms with Crippen molar-refractivity contribution in [1.29, 1.82) is 0 Å². The predicted molar refractivity (Wildman–Crippen MR) is 169 cm³/mol. The molecule has 1 aromatic carbocycles. The first-order valence-corrected chi connectivity index (χ1v) is 15.0. The second-order valence-electron chi connectivity index (χ2n) is 9.30. The number of nitrogens with one attached hydrogen (secondary N) is 2. The molecular weight excluding hydrogens is 564 g/mol. The zero-order valence-electron chi connectivity index (χ0n) is 24.4. The van der Waals surface area contributed by atoms with Crippen LogP contribution in [0.1, 0.15) is 34.9 Å². The van der Waals surface area contributed by atoms with Gasteiger partial charge in [0.2, 0.25) is 5.91 Å². The maximum Gasteiger partial charge on any atom is 0.222 e. The molecule has 0 saturated carbocycles. The largest absolute Gasteiger partial charge is 0.378 e. The first-order chi connectivity index (χ1) is 19.9. The van der Waals surface area contributed by atoms with Gasteiger partial charge >= 0.3 is 0 Å². The molecular formula is C29H41ClN6O4S. The van der Waals surface area contributed by atoms with Crippen molar-refractivity contribution in [3.8, 4) is 0 Å². The summed E-state index contributed by atoms with van der Waals surface area (Å²) in [4.78, 5) is 21.5. The third kappa shape index (κ3) is 9.42. The summed E-state index contributed by atoms with van der Waals surface area (Å²) in [6, 6.07) is 7.05. The van der Waals surface area contributed by atoms with E-state index in [-0.39, 0.29) is 12.3 Å². The van der Waals surface area contributed by atoms with Gasteiger partial charge in [-0.15, -0.1) is 16.4 Å². The van der Waals surface area contributed by atoms with Crippen LogP contribution in [0.5, 0.6) is 0 Å². The number of hydrogen-bond donors (Lipinski definition) is 2. The van der Waals surface area contributed by atoms with Gasteiger partial charge in [0.1, 0.15) is 11.0 Å². The molecule has 2 heterocycles. The number of likely N-dealkylation sites (N-methyl/N-ethyl adjacent to an activating group) is 2. The highest BCUT2D eigenvalue weighted by molar-refractivity contribution is 7.17. The molecule has 0 unspecified atom stereocenters. The topological polar surface area (TPSA) is 109 Å². The Hall–Kier alpha value is -2.67. The van der Waals surface area contributed by atoms with Crippen LogP contribution in [0.4, 0.5) is 5.00 Å². The van der Waals surface area contributed by atoms with Gasteiger partial charge in [0, 0.05) is 47.4 Å². The third-order valence-electron chi connectivity index (χ3n) is 6.50. The molecule has 0 radical (unpaired) electrons. The van der Waals surface area contributed by atoms with Crippen LogP contribution >= 0.6 is 22.9 Å². The number of carbonyl (C=O) groups is 1. The number of aryl methyl sites for hydroxylation is 1. The molecule has 1 aliphatic rings. The van der Waals surface area contributed by atoms with Gasteiger partial charge in [-0.1, -0.05) is 23.7 Å². The number of fused-ring (bicyclic) bond motifs is 1. The van der Waals surface area contributed by atoms with E-state index >= 15 is 0 Å². The number of amides is 1. The van der Waals surface area contributed by atoms with E-state index in [0.717, 1.165) is 33.9 Å². The quantitative estimate of drug-likeness (QED) is 0.161. The Morgan fingerprint density at radius 2 is 1.71 bits per heavy atom. The minimum atomic E-state index is -0.560. The highest BCUT2D eigenvalue weighted by Crippen LogP contribution is 2.40. The van der Waals surface area contributed by atoms with Crippen molar-refractivity contribution in [2.75, 3.05) is 71.2 Å². The van der Waals surface area contributed by atoms with Crippen molar-refractivity contribution in [2.24, 2.45) is 15.2 Å². The van der Waals surface area contributed by atoms with Crippen LogP contribution in [-0.4, -0.2) is 96.5 Å². The van der Waals surface area contributed by atoms with E-state index in [1.807, 2.05) is 31.3 Å². The second kappa shape index (κ2) is 17.3. The summed E-state index contributed by atoms with van der Waals surface area (Å²) in [5.74, 6) is 0.436. The third-order valence-corrected chi connectivity index (χ3v) is 7.99. The molecule has 0 spiro atoms. The van der Waals surface area contributed by atoms with Crippen molar-refractivity contribution in [3.63, 3.8) is 0 Å². The average molecular weight is 605 g/mol. The smallest absolute Gasteiger partial charge is 0.222 e. The Kier molecular flexibility index (Phi) is 13.9. The van der Waals surface area contributed by atoms with Crippen LogP contribution in [0.2, 0.25) is 5.02 Å². The van der Waals surface area contributed by atoms with Crippen LogP contribution in [0.25, 0.3) is 0 Å².